The molecule has 0 unspecified atom stereocenters. The van der Waals surface area contributed by atoms with E-state index >= 15 is 0 Å². The van der Waals surface area contributed by atoms with Gasteiger partial charge in [0, 0.05) is 6.26 Å². The maximum Gasteiger partial charge on any atom is 0.407 e. The second kappa shape index (κ2) is 4.80. The molecule has 0 rings (SSSR count). The number of rotatable bonds is 4. The molecule has 82 valence electrons. The fraction of sp³-hybridized carbons (Fsp3) is 0.667. The summed E-state index contributed by atoms with van der Waals surface area (Å²) in [5.41, 5.74) is 0. The number of carbonyl (C=O) groups is 2. The predicted octanol–water partition coefficient (Wildman–Crippen LogP) is -1.16. The molecular formula is C6H11NO6S. The maximum atomic E-state index is 10.8. The molecule has 0 aromatic heterocycles. The highest BCUT2D eigenvalue weighted by Crippen LogP contribution is 1.92. The molecule has 8 heteroatoms. The average molecular weight is 225 g/mol. The molecule has 0 saturated carbocycles. The lowest BCUT2D eigenvalue weighted by Gasteiger charge is -2.11. The van der Waals surface area contributed by atoms with Gasteiger partial charge in [0.2, 0.25) is 0 Å². The third-order valence-electron chi connectivity index (χ3n) is 1.24. The summed E-state index contributed by atoms with van der Waals surface area (Å²) in [5.74, 6) is -2.10. The van der Waals surface area contributed by atoms with Gasteiger partial charge >= 0.3 is 12.1 Å². The Hall–Kier alpha value is -1.31. The third-order valence-corrected chi connectivity index (χ3v) is 2.18. The Kier molecular flexibility index (Phi) is 4.35. The minimum atomic E-state index is -3.47. The number of carboxylic acid groups (broad SMARTS) is 1. The van der Waals surface area contributed by atoms with Crippen LogP contribution in [0.3, 0.4) is 0 Å². The average Bonchev–Trinajstić information content (AvgIpc) is 2.00. The van der Waals surface area contributed by atoms with Gasteiger partial charge in [-0.25, -0.2) is 18.0 Å². The highest BCUT2D eigenvalue weighted by Gasteiger charge is 2.24. The summed E-state index contributed by atoms with van der Waals surface area (Å²) < 4.78 is 25.7. The van der Waals surface area contributed by atoms with Crippen LogP contribution in [0.2, 0.25) is 0 Å². The van der Waals surface area contributed by atoms with Crippen molar-refractivity contribution in [2.75, 3.05) is 19.1 Å². The Bertz CT molecular complexity index is 321. The first kappa shape index (κ1) is 12.7. The van der Waals surface area contributed by atoms with E-state index in [1.807, 2.05) is 5.32 Å². The lowest BCUT2D eigenvalue weighted by molar-refractivity contribution is -0.138. The molecule has 0 aliphatic heterocycles. The summed E-state index contributed by atoms with van der Waals surface area (Å²) in [5, 5.41) is 10.4. The molecule has 0 aliphatic rings. The zero-order valence-corrected chi connectivity index (χ0v) is 8.50. The minimum Gasteiger partial charge on any atom is -0.480 e. The molecule has 0 heterocycles. The Morgan fingerprint density at radius 1 is 1.50 bits per heavy atom. The molecular weight excluding hydrogens is 214 g/mol. The molecule has 0 spiro atoms. The third kappa shape index (κ3) is 5.36. The first-order chi connectivity index (χ1) is 6.26. The van der Waals surface area contributed by atoms with Crippen LogP contribution in [0.4, 0.5) is 4.79 Å². The van der Waals surface area contributed by atoms with Gasteiger partial charge in [-0.05, 0) is 0 Å². The summed E-state index contributed by atoms with van der Waals surface area (Å²) in [6, 6.07) is -1.49. The van der Waals surface area contributed by atoms with E-state index in [0.29, 0.717) is 0 Å². The van der Waals surface area contributed by atoms with E-state index in [-0.39, 0.29) is 0 Å². The number of ether oxygens (including phenoxy) is 1. The van der Waals surface area contributed by atoms with Crippen molar-refractivity contribution >= 4 is 21.9 Å². The molecule has 7 nitrogen and oxygen atoms in total. The summed E-state index contributed by atoms with van der Waals surface area (Å²) in [4.78, 5) is 21.1. The monoisotopic (exact) mass is 225 g/mol. The number of carbonyl (C=O) groups excluding carboxylic acids is 1. The quantitative estimate of drug-likeness (QED) is 0.624. The zero-order chi connectivity index (χ0) is 11.4. The van der Waals surface area contributed by atoms with Crippen molar-refractivity contribution in [1.82, 2.24) is 5.32 Å². The number of aliphatic carboxylic acids is 1. The molecule has 2 N–H and O–H groups in total. The highest BCUT2D eigenvalue weighted by molar-refractivity contribution is 7.90. The number of alkyl carbamates (subject to hydrolysis) is 1. The van der Waals surface area contributed by atoms with Gasteiger partial charge in [-0.15, -0.1) is 0 Å². The van der Waals surface area contributed by atoms with Gasteiger partial charge in [-0.3, -0.25) is 0 Å². The SMILES string of the molecule is COC(=O)N[C@@H](CS(C)(=O)=O)C(=O)O. The molecule has 0 fully saturated rings. The minimum absolute atomic E-state index is 0.669. The normalized spacial score (nSPS) is 13.0. The van der Waals surface area contributed by atoms with Gasteiger partial charge in [-0.2, -0.15) is 0 Å². The molecule has 1 atom stereocenters. The smallest absolute Gasteiger partial charge is 0.407 e. The van der Waals surface area contributed by atoms with Crippen molar-refractivity contribution < 1.29 is 27.9 Å². The van der Waals surface area contributed by atoms with Crippen molar-refractivity contribution in [3.63, 3.8) is 0 Å². The van der Waals surface area contributed by atoms with Crippen LogP contribution in [0.25, 0.3) is 0 Å². The van der Waals surface area contributed by atoms with Crippen LogP contribution in [0, 0.1) is 0 Å². The number of hydrogen-bond donors (Lipinski definition) is 2. The molecule has 1 amide bonds. The fourth-order valence-corrected chi connectivity index (χ4v) is 1.51. The highest BCUT2D eigenvalue weighted by atomic mass is 32.2. The molecule has 0 radical (unpaired) electrons. The predicted molar refractivity (Wildman–Crippen MR) is 46.7 cm³/mol. The number of nitrogens with one attached hydrogen (secondary N) is 1. The van der Waals surface area contributed by atoms with Crippen LogP contribution in [-0.2, 0) is 19.4 Å². The van der Waals surface area contributed by atoms with Gasteiger partial charge < -0.3 is 15.2 Å². The van der Waals surface area contributed by atoms with Crippen LogP contribution in [0.15, 0.2) is 0 Å². The fourth-order valence-electron chi connectivity index (χ4n) is 0.679. The van der Waals surface area contributed by atoms with Gasteiger partial charge in [0.05, 0.1) is 12.9 Å². The molecule has 0 aliphatic carbocycles. The summed E-state index contributed by atoms with van der Waals surface area (Å²) in [7, 11) is -2.42. The van der Waals surface area contributed by atoms with Gasteiger partial charge in [0.15, 0.2) is 0 Å². The first-order valence-corrected chi connectivity index (χ1v) is 5.57. The Morgan fingerprint density at radius 2 is 2.00 bits per heavy atom. The van der Waals surface area contributed by atoms with Crippen LogP contribution < -0.4 is 5.32 Å². The molecule has 0 saturated heterocycles. The van der Waals surface area contributed by atoms with E-state index < -0.39 is 33.7 Å². The molecule has 14 heavy (non-hydrogen) atoms. The number of amides is 1. The van der Waals surface area contributed by atoms with Crippen LogP contribution in [0.5, 0.6) is 0 Å². The Morgan fingerprint density at radius 3 is 2.29 bits per heavy atom. The topological polar surface area (TPSA) is 110 Å². The van der Waals surface area contributed by atoms with Crippen LogP contribution >= 0.6 is 0 Å². The van der Waals surface area contributed by atoms with E-state index in [2.05, 4.69) is 4.74 Å². The van der Waals surface area contributed by atoms with Gasteiger partial charge in [-0.1, -0.05) is 0 Å². The van der Waals surface area contributed by atoms with Crippen molar-refractivity contribution in [2.45, 2.75) is 6.04 Å². The molecule has 0 aromatic carbocycles. The number of methoxy groups -OCH3 is 1. The summed E-state index contributed by atoms with van der Waals surface area (Å²) in [6.45, 7) is 0. The van der Waals surface area contributed by atoms with Crippen LogP contribution in [0.1, 0.15) is 0 Å². The van der Waals surface area contributed by atoms with Crippen molar-refractivity contribution in [3.8, 4) is 0 Å². The second-order valence-electron chi connectivity index (χ2n) is 2.62. The van der Waals surface area contributed by atoms with Crippen molar-refractivity contribution in [2.24, 2.45) is 0 Å². The van der Waals surface area contributed by atoms with E-state index in [1.165, 1.54) is 0 Å². The van der Waals surface area contributed by atoms with E-state index in [4.69, 9.17) is 5.11 Å². The van der Waals surface area contributed by atoms with E-state index in [1.54, 1.807) is 0 Å². The Labute approximate surface area is 81.0 Å². The standard InChI is InChI=1S/C6H11NO6S/c1-13-6(10)7-4(5(8)9)3-14(2,11)12/h4H,3H2,1-2H3,(H,7,10)(H,8,9)/t4-/m0/s1. The largest absolute Gasteiger partial charge is 0.480 e. The summed E-state index contributed by atoms with van der Waals surface area (Å²) >= 11 is 0. The van der Waals surface area contributed by atoms with E-state index in [9.17, 15) is 18.0 Å². The van der Waals surface area contributed by atoms with Gasteiger partial charge in [0.1, 0.15) is 15.9 Å². The number of sulfone groups is 1. The maximum absolute atomic E-state index is 10.8. The lowest BCUT2D eigenvalue weighted by atomic mass is 10.3. The Balaban J connectivity index is 4.47. The second-order valence-corrected chi connectivity index (χ2v) is 4.80. The first-order valence-electron chi connectivity index (χ1n) is 3.51. The van der Waals surface area contributed by atoms with E-state index in [0.717, 1.165) is 13.4 Å². The molecule has 0 aromatic rings. The van der Waals surface area contributed by atoms with Crippen LogP contribution in [-0.4, -0.2) is 50.7 Å². The molecule has 0 bridgehead atoms. The zero-order valence-electron chi connectivity index (χ0n) is 7.68. The number of carboxylic acids is 1. The summed E-state index contributed by atoms with van der Waals surface area (Å²) in [6.07, 6.45) is -0.108. The number of hydrogen-bond acceptors (Lipinski definition) is 5. The van der Waals surface area contributed by atoms with Crippen molar-refractivity contribution in [3.05, 3.63) is 0 Å². The van der Waals surface area contributed by atoms with Crippen molar-refractivity contribution in [1.29, 1.82) is 0 Å². The van der Waals surface area contributed by atoms with Gasteiger partial charge in [0.25, 0.3) is 0 Å². The lowest BCUT2D eigenvalue weighted by Crippen LogP contribution is -2.45.